The van der Waals surface area contributed by atoms with Crippen LogP contribution in [0, 0.1) is 13.8 Å². The number of nitrogens with zero attached hydrogens (tertiary/aromatic N) is 3. The molecule has 4 nitrogen and oxygen atoms in total. The molecule has 0 aliphatic rings. The van der Waals surface area contributed by atoms with Crippen molar-refractivity contribution in [3.63, 3.8) is 0 Å². The lowest BCUT2D eigenvalue weighted by Crippen LogP contribution is -2.04. The van der Waals surface area contributed by atoms with E-state index in [1.807, 2.05) is 36.7 Å². The highest BCUT2D eigenvalue weighted by Gasteiger charge is 2.11. The van der Waals surface area contributed by atoms with Gasteiger partial charge >= 0.3 is 0 Å². The van der Waals surface area contributed by atoms with E-state index in [0.29, 0.717) is 27.3 Å². The molecule has 134 valence electrons. The highest BCUT2D eigenvalue weighted by molar-refractivity contribution is 6.41. The van der Waals surface area contributed by atoms with Crippen LogP contribution in [0.4, 0.5) is 5.69 Å². The Labute approximate surface area is 167 Å². The van der Waals surface area contributed by atoms with E-state index in [0.717, 1.165) is 17.0 Å². The van der Waals surface area contributed by atoms with E-state index in [-0.39, 0.29) is 0 Å². The summed E-state index contributed by atoms with van der Waals surface area (Å²) < 4.78 is 1.97. The third kappa shape index (κ3) is 4.21. The summed E-state index contributed by atoms with van der Waals surface area (Å²) in [5, 5.41) is 10.2. The average molecular weight is 408 g/mol. The van der Waals surface area contributed by atoms with E-state index in [9.17, 15) is 0 Å². The Morgan fingerprint density at radius 1 is 1.08 bits per heavy atom. The molecule has 1 heterocycles. The van der Waals surface area contributed by atoms with E-state index in [1.165, 1.54) is 5.56 Å². The summed E-state index contributed by atoms with van der Waals surface area (Å²) in [5.41, 5.74) is 7.48. The molecule has 0 saturated carbocycles. The first-order valence-corrected chi connectivity index (χ1v) is 9.10. The van der Waals surface area contributed by atoms with E-state index in [2.05, 4.69) is 27.8 Å². The first kappa shape index (κ1) is 18.8. The molecule has 0 spiro atoms. The monoisotopic (exact) mass is 406 g/mol. The van der Waals surface area contributed by atoms with Crippen molar-refractivity contribution in [3.05, 3.63) is 80.0 Å². The van der Waals surface area contributed by atoms with Crippen LogP contribution in [0.5, 0.6) is 0 Å². The Kier molecular flexibility index (Phi) is 5.87. The van der Waals surface area contributed by atoms with Crippen LogP contribution >= 0.6 is 34.8 Å². The number of rotatable bonds is 5. The van der Waals surface area contributed by atoms with Gasteiger partial charge in [0.25, 0.3) is 0 Å². The van der Waals surface area contributed by atoms with Gasteiger partial charge in [0.1, 0.15) is 0 Å². The van der Waals surface area contributed by atoms with E-state index in [4.69, 9.17) is 34.8 Å². The summed E-state index contributed by atoms with van der Waals surface area (Å²) in [4.78, 5) is 0. The van der Waals surface area contributed by atoms with E-state index in [1.54, 1.807) is 18.3 Å². The van der Waals surface area contributed by atoms with Crippen LogP contribution < -0.4 is 5.43 Å². The highest BCUT2D eigenvalue weighted by atomic mass is 35.5. The van der Waals surface area contributed by atoms with Gasteiger partial charge in [0.05, 0.1) is 34.2 Å². The summed E-state index contributed by atoms with van der Waals surface area (Å²) in [6, 6.07) is 13.4. The molecule has 2 aromatic carbocycles. The maximum absolute atomic E-state index is 6.15. The Bertz CT molecular complexity index is 926. The van der Waals surface area contributed by atoms with Crippen molar-refractivity contribution in [1.82, 2.24) is 9.78 Å². The summed E-state index contributed by atoms with van der Waals surface area (Å²) in [6.07, 6.45) is 1.72. The summed E-state index contributed by atoms with van der Waals surface area (Å²) in [7, 11) is 0. The second-order valence-corrected chi connectivity index (χ2v) is 7.09. The largest absolute Gasteiger partial charge is 0.275 e. The molecular formula is C19H17Cl3N4. The van der Waals surface area contributed by atoms with Crippen molar-refractivity contribution in [2.24, 2.45) is 5.10 Å². The van der Waals surface area contributed by atoms with Crippen LogP contribution in [-0.2, 0) is 6.54 Å². The fraction of sp³-hybridized carbons (Fsp3) is 0.158. The van der Waals surface area contributed by atoms with Gasteiger partial charge in [0, 0.05) is 16.3 Å². The maximum atomic E-state index is 6.15. The van der Waals surface area contributed by atoms with Gasteiger partial charge in [0.2, 0.25) is 0 Å². The minimum Gasteiger partial charge on any atom is -0.275 e. The van der Waals surface area contributed by atoms with Gasteiger partial charge in [-0.15, -0.1) is 0 Å². The molecule has 3 aromatic rings. The molecule has 0 radical (unpaired) electrons. The molecule has 7 heteroatoms. The molecule has 0 atom stereocenters. The van der Waals surface area contributed by atoms with Gasteiger partial charge in [-0.3, -0.25) is 10.1 Å². The van der Waals surface area contributed by atoms with Crippen LogP contribution in [0.25, 0.3) is 0 Å². The first-order valence-electron chi connectivity index (χ1n) is 7.97. The minimum atomic E-state index is 0.410. The number of hydrazone groups is 1. The molecular weight excluding hydrogens is 391 g/mol. The molecule has 0 saturated heterocycles. The molecule has 0 aliphatic heterocycles. The molecule has 3 rings (SSSR count). The zero-order valence-electron chi connectivity index (χ0n) is 14.3. The van der Waals surface area contributed by atoms with E-state index >= 15 is 0 Å². The molecule has 0 amide bonds. The lowest BCUT2D eigenvalue weighted by Gasteiger charge is -2.06. The molecule has 0 bridgehead atoms. The number of anilines is 1. The number of aryl methyl sites for hydroxylation is 1. The zero-order valence-corrected chi connectivity index (χ0v) is 16.6. The summed E-state index contributed by atoms with van der Waals surface area (Å²) in [6.45, 7) is 4.69. The number of hydrogen-bond donors (Lipinski definition) is 1. The fourth-order valence-corrected chi connectivity index (χ4v) is 3.52. The smallest absolute Gasteiger partial charge is 0.0935 e. The van der Waals surface area contributed by atoms with Crippen LogP contribution in [0.2, 0.25) is 15.1 Å². The molecule has 0 unspecified atom stereocenters. The van der Waals surface area contributed by atoms with Gasteiger partial charge < -0.3 is 0 Å². The number of benzene rings is 2. The first-order chi connectivity index (χ1) is 12.5. The van der Waals surface area contributed by atoms with Gasteiger partial charge in [0.15, 0.2) is 0 Å². The molecule has 26 heavy (non-hydrogen) atoms. The average Bonchev–Trinajstić information content (AvgIpc) is 2.85. The predicted octanol–water partition coefficient (Wildman–Crippen LogP) is 5.95. The molecule has 1 aromatic heterocycles. The lowest BCUT2D eigenvalue weighted by molar-refractivity contribution is 0.659. The van der Waals surface area contributed by atoms with Gasteiger partial charge in [-0.05, 0) is 31.5 Å². The number of halogens is 3. The lowest BCUT2D eigenvalue weighted by atomic mass is 10.2. The molecule has 1 N–H and O–H groups in total. The highest BCUT2D eigenvalue weighted by Crippen LogP contribution is 2.33. The second-order valence-electron chi connectivity index (χ2n) is 5.84. The topological polar surface area (TPSA) is 42.2 Å². The SMILES string of the molecule is Cc1nn(Cc2ccccc2)c(C)c1/C=N\Nc1c(Cl)cc(Cl)cc1Cl. The Hall–Kier alpha value is -2.01. The number of hydrogen-bond acceptors (Lipinski definition) is 3. The van der Waals surface area contributed by atoms with Gasteiger partial charge in [-0.1, -0.05) is 65.1 Å². The molecule has 0 fully saturated rings. The number of aromatic nitrogens is 2. The van der Waals surface area contributed by atoms with Crippen molar-refractivity contribution in [2.75, 3.05) is 5.43 Å². The Balaban J connectivity index is 1.79. The normalized spacial score (nSPS) is 11.3. The van der Waals surface area contributed by atoms with E-state index < -0.39 is 0 Å². The number of nitrogens with one attached hydrogen (secondary N) is 1. The van der Waals surface area contributed by atoms with Crippen molar-refractivity contribution < 1.29 is 0 Å². The molecule has 0 aliphatic carbocycles. The fourth-order valence-electron chi connectivity index (χ4n) is 2.62. The van der Waals surface area contributed by atoms with Crippen molar-refractivity contribution >= 4 is 46.7 Å². The van der Waals surface area contributed by atoms with Crippen LogP contribution in [-0.4, -0.2) is 16.0 Å². The second kappa shape index (κ2) is 8.12. The van der Waals surface area contributed by atoms with Crippen molar-refractivity contribution in [1.29, 1.82) is 0 Å². The van der Waals surface area contributed by atoms with Gasteiger partial charge in [-0.25, -0.2) is 0 Å². The van der Waals surface area contributed by atoms with Crippen LogP contribution in [0.1, 0.15) is 22.5 Å². The van der Waals surface area contributed by atoms with Gasteiger partial charge in [-0.2, -0.15) is 10.2 Å². The van der Waals surface area contributed by atoms with Crippen LogP contribution in [0.15, 0.2) is 47.6 Å². The Morgan fingerprint density at radius 3 is 2.38 bits per heavy atom. The van der Waals surface area contributed by atoms with Crippen LogP contribution in [0.3, 0.4) is 0 Å². The summed E-state index contributed by atoms with van der Waals surface area (Å²) in [5.74, 6) is 0. The minimum absolute atomic E-state index is 0.410. The zero-order chi connectivity index (χ0) is 18.7. The predicted molar refractivity (Wildman–Crippen MR) is 110 cm³/mol. The van der Waals surface area contributed by atoms with Crippen molar-refractivity contribution in [2.45, 2.75) is 20.4 Å². The quantitative estimate of drug-likeness (QED) is 0.419. The Morgan fingerprint density at radius 2 is 1.73 bits per heavy atom. The third-order valence-electron chi connectivity index (χ3n) is 3.99. The third-order valence-corrected chi connectivity index (χ3v) is 4.80. The maximum Gasteiger partial charge on any atom is 0.0935 e. The standard InChI is InChI=1S/C19H17Cl3N4/c1-12-16(10-23-24-19-17(21)8-15(20)9-18(19)22)13(2)26(25-12)11-14-6-4-3-5-7-14/h3-10,24H,11H2,1-2H3/b23-10-. The summed E-state index contributed by atoms with van der Waals surface area (Å²) >= 11 is 18.2. The van der Waals surface area contributed by atoms with Crippen molar-refractivity contribution in [3.8, 4) is 0 Å².